The van der Waals surface area contributed by atoms with E-state index in [1.54, 1.807) is 7.11 Å². The third-order valence-electron chi connectivity index (χ3n) is 3.95. The molecule has 3 heteroatoms. The van der Waals surface area contributed by atoms with Crippen molar-refractivity contribution in [2.75, 3.05) is 39.9 Å². The van der Waals surface area contributed by atoms with Gasteiger partial charge < -0.3 is 10.1 Å². The molecule has 1 atom stereocenters. The van der Waals surface area contributed by atoms with Crippen molar-refractivity contribution in [3.63, 3.8) is 0 Å². The van der Waals surface area contributed by atoms with Crippen LogP contribution in [0.2, 0.25) is 0 Å². The molecule has 0 radical (unpaired) electrons. The Labute approximate surface area is 107 Å². The Balaban J connectivity index is 2.39. The smallest absolute Gasteiger partial charge is 0.0589 e. The Morgan fingerprint density at radius 1 is 1.29 bits per heavy atom. The van der Waals surface area contributed by atoms with Crippen LogP contribution in [0.25, 0.3) is 0 Å². The van der Waals surface area contributed by atoms with Crippen molar-refractivity contribution in [3.8, 4) is 0 Å². The van der Waals surface area contributed by atoms with Gasteiger partial charge in [0.25, 0.3) is 0 Å². The van der Waals surface area contributed by atoms with Crippen molar-refractivity contribution in [1.82, 2.24) is 10.2 Å². The first-order chi connectivity index (χ1) is 8.31. The summed E-state index contributed by atoms with van der Waals surface area (Å²) in [7, 11) is 1.78. The molecular formula is C14H30N2O. The fraction of sp³-hybridized carbons (Fsp3) is 1.00. The first-order valence-electron chi connectivity index (χ1n) is 7.26. The van der Waals surface area contributed by atoms with E-state index in [4.69, 9.17) is 4.74 Å². The molecule has 0 spiro atoms. The SMILES string of the molecule is CCNC(CN(CC)CCOC)C1CCCC1. The fourth-order valence-corrected chi connectivity index (χ4v) is 2.88. The second-order valence-corrected chi connectivity index (χ2v) is 5.09. The lowest BCUT2D eigenvalue weighted by atomic mass is 9.97. The Hall–Kier alpha value is -0.120. The number of ether oxygens (including phenoxy) is 1. The van der Waals surface area contributed by atoms with Crippen LogP contribution < -0.4 is 5.32 Å². The van der Waals surface area contributed by atoms with Crippen molar-refractivity contribution in [2.24, 2.45) is 5.92 Å². The van der Waals surface area contributed by atoms with Gasteiger partial charge in [0.15, 0.2) is 0 Å². The molecule has 1 aliphatic rings. The van der Waals surface area contributed by atoms with Crippen LogP contribution in [0.3, 0.4) is 0 Å². The van der Waals surface area contributed by atoms with E-state index in [-0.39, 0.29) is 0 Å². The summed E-state index contributed by atoms with van der Waals surface area (Å²) in [6.45, 7) is 9.75. The molecule has 0 aromatic rings. The summed E-state index contributed by atoms with van der Waals surface area (Å²) in [5.74, 6) is 0.895. The van der Waals surface area contributed by atoms with Gasteiger partial charge in [-0.15, -0.1) is 0 Å². The first-order valence-corrected chi connectivity index (χ1v) is 7.26. The summed E-state index contributed by atoms with van der Waals surface area (Å²) in [4.78, 5) is 2.51. The topological polar surface area (TPSA) is 24.5 Å². The zero-order valence-electron chi connectivity index (χ0n) is 11.9. The molecule has 0 saturated heterocycles. The summed E-state index contributed by atoms with van der Waals surface area (Å²) >= 11 is 0. The third-order valence-corrected chi connectivity index (χ3v) is 3.95. The van der Waals surface area contributed by atoms with Crippen molar-refractivity contribution in [2.45, 2.75) is 45.6 Å². The molecule has 3 nitrogen and oxygen atoms in total. The molecule has 102 valence electrons. The normalized spacial score (nSPS) is 19.1. The van der Waals surface area contributed by atoms with Crippen LogP contribution in [0.4, 0.5) is 0 Å². The Morgan fingerprint density at radius 2 is 2.00 bits per heavy atom. The molecule has 1 saturated carbocycles. The summed E-state index contributed by atoms with van der Waals surface area (Å²) in [5.41, 5.74) is 0. The Bertz CT molecular complexity index is 181. The predicted molar refractivity (Wildman–Crippen MR) is 73.4 cm³/mol. The maximum absolute atomic E-state index is 5.18. The van der Waals surface area contributed by atoms with Gasteiger partial charge in [0, 0.05) is 26.2 Å². The monoisotopic (exact) mass is 242 g/mol. The van der Waals surface area contributed by atoms with Crippen molar-refractivity contribution in [1.29, 1.82) is 0 Å². The van der Waals surface area contributed by atoms with E-state index in [9.17, 15) is 0 Å². The van der Waals surface area contributed by atoms with Crippen LogP contribution in [-0.2, 0) is 4.74 Å². The van der Waals surface area contributed by atoms with E-state index < -0.39 is 0 Å². The van der Waals surface area contributed by atoms with Crippen LogP contribution in [0.1, 0.15) is 39.5 Å². The van der Waals surface area contributed by atoms with Crippen LogP contribution in [0, 0.1) is 5.92 Å². The molecule has 0 aromatic carbocycles. The van der Waals surface area contributed by atoms with Gasteiger partial charge in [0.2, 0.25) is 0 Å². The second kappa shape index (κ2) is 8.90. The number of nitrogens with one attached hydrogen (secondary N) is 1. The van der Waals surface area contributed by atoms with Gasteiger partial charge >= 0.3 is 0 Å². The lowest BCUT2D eigenvalue weighted by molar-refractivity contribution is 0.136. The molecule has 1 unspecified atom stereocenters. The van der Waals surface area contributed by atoms with Gasteiger partial charge in [-0.05, 0) is 31.8 Å². The zero-order valence-corrected chi connectivity index (χ0v) is 11.9. The fourth-order valence-electron chi connectivity index (χ4n) is 2.88. The standard InChI is InChI=1S/C14H30N2O/c1-4-15-14(13-8-6-7-9-13)12-16(5-2)10-11-17-3/h13-15H,4-12H2,1-3H3. The van der Waals surface area contributed by atoms with E-state index >= 15 is 0 Å². The van der Waals surface area contributed by atoms with Gasteiger partial charge in [-0.25, -0.2) is 0 Å². The van der Waals surface area contributed by atoms with E-state index in [1.807, 2.05) is 0 Å². The minimum absolute atomic E-state index is 0.680. The number of rotatable bonds is 9. The maximum Gasteiger partial charge on any atom is 0.0589 e. The Morgan fingerprint density at radius 3 is 2.53 bits per heavy atom. The molecule has 1 N–H and O–H groups in total. The van der Waals surface area contributed by atoms with E-state index in [1.165, 1.54) is 32.2 Å². The van der Waals surface area contributed by atoms with Crippen LogP contribution in [-0.4, -0.2) is 50.8 Å². The molecule has 0 heterocycles. The van der Waals surface area contributed by atoms with Gasteiger partial charge in [0.05, 0.1) is 6.61 Å². The first kappa shape index (κ1) is 14.9. The highest BCUT2D eigenvalue weighted by molar-refractivity contribution is 4.82. The maximum atomic E-state index is 5.18. The molecule has 1 aliphatic carbocycles. The molecule has 0 amide bonds. The van der Waals surface area contributed by atoms with Crippen LogP contribution in [0.15, 0.2) is 0 Å². The quantitative estimate of drug-likeness (QED) is 0.670. The highest BCUT2D eigenvalue weighted by Gasteiger charge is 2.25. The van der Waals surface area contributed by atoms with Crippen LogP contribution in [0.5, 0.6) is 0 Å². The molecule has 0 bridgehead atoms. The predicted octanol–water partition coefficient (Wildman–Crippen LogP) is 2.12. The average molecular weight is 242 g/mol. The molecule has 17 heavy (non-hydrogen) atoms. The van der Waals surface area contributed by atoms with Gasteiger partial charge in [0.1, 0.15) is 0 Å². The van der Waals surface area contributed by atoms with Crippen molar-refractivity contribution < 1.29 is 4.74 Å². The van der Waals surface area contributed by atoms with E-state index in [0.29, 0.717) is 6.04 Å². The average Bonchev–Trinajstić information content (AvgIpc) is 2.87. The third kappa shape index (κ3) is 5.36. The highest BCUT2D eigenvalue weighted by atomic mass is 16.5. The van der Waals surface area contributed by atoms with Gasteiger partial charge in [-0.3, -0.25) is 4.90 Å². The van der Waals surface area contributed by atoms with Crippen molar-refractivity contribution >= 4 is 0 Å². The van der Waals surface area contributed by atoms with E-state index in [0.717, 1.165) is 32.2 Å². The van der Waals surface area contributed by atoms with E-state index in [2.05, 4.69) is 24.1 Å². The summed E-state index contributed by atoms with van der Waals surface area (Å²) in [5, 5.41) is 3.68. The summed E-state index contributed by atoms with van der Waals surface area (Å²) in [6.07, 6.45) is 5.69. The lowest BCUT2D eigenvalue weighted by Gasteiger charge is -2.30. The number of hydrogen-bond donors (Lipinski definition) is 1. The number of methoxy groups -OCH3 is 1. The number of hydrogen-bond acceptors (Lipinski definition) is 3. The molecular weight excluding hydrogens is 212 g/mol. The Kier molecular flexibility index (Phi) is 7.82. The zero-order chi connectivity index (χ0) is 12.5. The van der Waals surface area contributed by atoms with Gasteiger partial charge in [-0.2, -0.15) is 0 Å². The minimum atomic E-state index is 0.680. The molecule has 1 fully saturated rings. The molecule has 0 aliphatic heterocycles. The number of likely N-dealkylation sites (N-methyl/N-ethyl adjacent to an activating group) is 2. The molecule has 0 aromatic heterocycles. The summed E-state index contributed by atoms with van der Waals surface area (Å²) < 4.78 is 5.18. The van der Waals surface area contributed by atoms with Crippen LogP contribution >= 0.6 is 0 Å². The number of nitrogens with zero attached hydrogens (tertiary/aromatic N) is 1. The largest absolute Gasteiger partial charge is 0.383 e. The van der Waals surface area contributed by atoms with Gasteiger partial charge in [-0.1, -0.05) is 26.7 Å². The highest BCUT2D eigenvalue weighted by Crippen LogP contribution is 2.28. The molecule has 1 rings (SSSR count). The summed E-state index contributed by atoms with van der Waals surface area (Å²) in [6, 6.07) is 0.680. The van der Waals surface area contributed by atoms with Crippen molar-refractivity contribution in [3.05, 3.63) is 0 Å². The minimum Gasteiger partial charge on any atom is -0.383 e. The lowest BCUT2D eigenvalue weighted by Crippen LogP contribution is -2.45. The second-order valence-electron chi connectivity index (χ2n) is 5.09.